The van der Waals surface area contributed by atoms with Gasteiger partial charge in [-0.05, 0) is 30.5 Å². The van der Waals surface area contributed by atoms with E-state index in [9.17, 15) is 0 Å². The van der Waals surface area contributed by atoms with Crippen LogP contribution in [0, 0.1) is 5.92 Å². The number of nitrogens with two attached hydrogens (primary N) is 1. The minimum atomic E-state index is 0.136. The molecule has 3 nitrogen and oxygen atoms in total. The molecule has 1 aliphatic rings. The van der Waals surface area contributed by atoms with E-state index in [1.54, 1.807) is 0 Å². The summed E-state index contributed by atoms with van der Waals surface area (Å²) in [5, 5.41) is 3.46. The smallest absolute Gasteiger partial charge is 0.124 e. The molecule has 0 fully saturated rings. The van der Waals surface area contributed by atoms with Gasteiger partial charge in [0.1, 0.15) is 5.75 Å². The highest BCUT2D eigenvalue weighted by Crippen LogP contribution is 2.31. The van der Waals surface area contributed by atoms with Crippen molar-refractivity contribution >= 4 is 0 Å². The van der Waals surface area contributed by atoms with Crippen LogP contribution in [0.3, 0.4) is 0 Å². The number of hydrogen-bond donors (Lipinski definition) is 2. The van der Waals surface area contributed by atoms with Crippen LogP contribution in [0.4, 0.5) is 0 Å². The van der Waals surface area contributed by atoms with Gasteiger partial charge in [-0.15, -0.1) is 0 Å². The van der Waals surface area contributed by atoms with E-state index < -0.39 is 0 Å². The molecule has 0 saturated heterocycles. The predicted molar refractivity (Wildman–Crippen MR) is 74.6 cm³/mol. The van der Waals surface area contributed by atoms with Crippen LogP contribution in [0.5, 0.6) is 5.75 Å². The van der Waals surface area contributed by atoms with Crippen LogP contribution in [-0.4, -0.2) is 13.2 Å². The molecule has 0 radical (unpaired) electrons. The van der Waals surface area contributed by atoms with E-state index in [4.69, 9.17) is 10.5 Å². The number of nitrogens with one attached hydrogen (secondary N) is 1. The molecule has 0 aliphatic carbocycles. The molecule has 3 heteroatoms. The van der Waals surface area contributed by atoms with Gasteiger partial charge < -0.3 is 15.8 Å². The first-order valence-corrected chi connectivity index (χ1v) is 6.88. The third-order valence-electron chi connectivity index (χ3n) is 3.39. The van der Waals surface area contributed by atoms with Crippen LogP contribution in [0.15, 0.2) is 18.2 Å². The van der Waals surface area contributed by atoms with Crippen molar-refractivity contribution in [2.75, 3.05) is 13.2 Å². The lowest BCUT2D eigenvalue weighted by atomic mass is 9.99. The topological polar surface area (TPSA) is 47.3 Å². The monoisotopic (exact) mass is 248 g/mol. The van der Waals surface area contributed by atoms with Crippen molar-refractivity contribution in [2.45, 2.75) is 39.3 Å². The predicted octanol–water partition coefficient (Wildman–Crippen LogP) is 2.60. The summed E-state index contributed by atoms with van der Waals surface area (Å²) in [6.07, 6.45) is 2.13. The molecule has 1 aliphatic heterocycles. The molecule has 0 saturated carbocycles. The van der Waals surface area contributed by atoms with Gasteiger partial charge in [-0.2, -0.15) is 0 Å². The molecule has 1 unspecified atom stereocenters. The minimum Gasteiger partial charge on any atom is -0.493 e. The van der Waals surface area contributed by atoms with E-state index in [0.29, 0.717) is 0 Å². The number of hydrogen-bond acceptors (Lipinski definition) is 3. The maximum absolute atomic E-state index is 6.06. The second-order valence-corrected chi connectivity index (χ2v) is 5.48. The number of fused-ring (bicyclic) bond motifs is 1. The fourth-order valence-corrected chi connectivity index (χ4v) is 2.19. The zero-order valence-corrected chi connectivity index (χ0v) is 11.4. The summed E-state index contributed by atoms with van der Waals surface area (Å²) >= 11 is 0. The summed E-state index contributed by atoms with van der Waals surface area (Å²) in [6.45, 7) is 7.19. The van der Waals surface area contributed by atoms with Gasteiger partial charge in [0.2, 0.25) is 0 Å². The summed E-state index contributed by atoms with van der Waals surface area (Å²) in [5.41, 5.74) is 8.47. The van der Waals surface area contributed by atoms with Gasteiger partial charge in [0.05, 0.1) is 6.61 Å². The third kappa shape index (κ3) is 3.47. The van der Waals surface area contributed by atoms with Crippen molar-refractivity contribution in [3.8, 4) is 5.75 Å². The highest BCUT2D eigenvalue weighted by atomic mass is 16.5. The molecule has 0 amide bonds. The van der Waals surface area contributed by atoms with Crippen LogP contribution < -0.4 is 15.8 Å². The third-order valence-corrected chi connectivity index (χ3v) is 3.39. The highest BCUT2D eigenvalue weighted by molar-refractivity contribution is 5.40. The van der Waals surface area contributed by atoms with Gasteiger partial charge in [-0.25, -0.2) is 0 Å². The van der Waals surface area contributed by atoms with Gasteiger partial charge in [0.25, 0.3) is 0 Å². The van der Waals surface area contributed by atoms with E-state index in [0.717, 1.165) is 43.3 Å². The Morgan fingerprint density at radius 1 is 1.44 bits per heavy atom. The Morgan fingerprint density at radius 2 is 2.28 bits per heavy atom. The maximum atomic E-state index is 6.06. The summed E-state index contributed by atoms with van der Waals surface area (Å²) in [6, 6.07) is 6.52. The van der Waals surface area contributed by atoms with Gasteiger partial charge in [-0.3, -0.25) is 0 Å². The van der Waals surface area contributed by atoms with Crippen LogP contribution in [0.2, 0.25) is 0 Å². The second-order valence-electron chi connectivity index (χ2n) is 5.48. The molecule has 1 aromatic carbocycles. The molecule has 2 rings (SSSR count). The molecule has 18 heavy (non-hydrogen) atoms. The van der Waals surface area contributed by atoms with Crippen LogP contribution >= 0.6 is 0 Å². The fourth-order valence-electron chi connectivity index (χ4n) is 2.19. The average Bonchev–Trinajstić information content (AvgIpc) is 2.35. The van der Waals surface area contributed by atoms with Gasteiger partial charge in [0.15, 0.2) is 0 Å². The van der Waals surface area contributed by atoms with E-state index in [-0.39, 0.29) is 6.04 Å². The fraction of sp³-hybridized carbons (Fsp3) is 0.600. The SMILES string of the molecule is CC(C)CCNCc1ccc2c(c1)OCCC2N. The molecule has 1 aromatic rings. The van der Waals surface area contributed by atoms with Crippen LogP contribution in [0.1, 0.15) is 43.9 Å². The molecule has 0 aromatic heterocycles. The molecule has 100 valence electrons. The van der Waals surface area contributed by atoms with Crippen molar-refractivity contribution < 1.29 is 4.74 Å². The first kappa shape index (κ1) is 13.4. The quantitative estimate of drug-likeness (QED) is 0.787. The summed E-state index contributed by atoms with van der Waals surface area (Å²) in [7, 11) is 0. The molecule has 0 bridgehead atoms. The van der Waals surface area contributed by atoms with Crippen LogP contribution in [0.25, 0.3) is 0 Å². The average molecular weight is 248 g/mol. The first-order valence-electron chi connectivity index (χ1n) is 6.88. The molecular formula is C15H24N2O. The van der Waals surface area contributed by atoms with Gasteiger partial charge in [0, 0.05) is 24.6 Å². The second kappa shape index (κ2) is 6.21. The zero-order chi connectivity index (χ0) is 13.0. The molecule has 1 heterocycles. The van der Waals surface area contributed by atoms with E-state index in [2.05, 4.69) is 37.4 Å². The van der Waals surface area contributed by atoms with Crippen molar-refractivity contribution in [3.63, 3.8) is 0 Å². The lowest BCUT2D eigenvalue weighted by Gasteiger charge is -2.23. The number of ether oxygens (including phenoxy) is 1. The summed E-state index contributed by atoms with van der Waals surface area (Å²) in [4.78, 5) is 0. The van der Waals surface area contributed by atoms with Crippen molar-refractivity contribution in [1.82, 2.24) is 5.32 Å². The summed E-state index contributed by atoms with van der Waals surface area (Å²) < 4.78 is 5.67. The Morgan fingerprint density at radius 3 is 3.06 bits per heavy atom. The Kier molecular flexibility index (Phi) is 4.61. The number of rotatable bonds is 5. The normalized spacial score (nSPS) is 18.6. The highest BCUT2D eigenvalue weighted by Gasteiger charge is 2.17. The molecule has 0 spiro atoms. The Hall–Kier alpha value is -1.06. The van der Waals surface area contributed by atoms with Gasteiger partial charge in [-0.1, -0.05) is 26.0 Å². The maximum Gasteiger partial charge on any atom is 0.124 e. The van der Waals surface area contributed by atoms with E-state index >= 15 is 0 Å². The molecular weight excluding hydrogens is 224 g/mol. The largest absolute Gasteiger partial charge is 0.493 e. The van der Waals surface area contributed by atoms with E-state index in [1.807, 2.05) is 0 Å². The van der Waals surface area contributed by atoms with Crippen LogP contribution in [-0.2, 0) is 6.54 Å². The van der Waals surface area contributed by atoms with Crippen molar-refractivity contribution in [2.24, 2.45) is 11.7 Å². The summed E-state index contributed by atoms with van der Waals surface area (Å²) in [5.74, 6) is 1.72. The standard InChI is InChI=1S/C15H24N2O/c1-11(2)5-7-17-10-12-3-4-13-14(16)6-8-18-15(13)9-12/h3-4,9,11,14,17H,5-8,10,16H2,1-2H3. The van der Waals surface area contributed by atoms with Crippen molar-refractivity contribution in [3.05, 3.63) is 29.3 Å². The first-order chi connectivity index (χ1) is 8.66. The molecule has 3 N–H and O–H groups in total. The van der Waals surface area contributed by atoms with Crippen molar-refractivity contribution in [1.29, 1.82) is 0 Å². The Labute approximate surface area is 110 Å². The van der Waals surface area contributed by atoms with Gasteiger partial charge >= 0.3 is 0 Å². The van der Waals surface area contributed by atoms with E-state index in [1.165, 1.54) is 12.0 Å². The lowest BCUT2D eigenvalue weighted by Crippen LogP contribution is -2.21. The number of benzene rings is 1. The Bertz CT molecular complexity index is 390. The zero-order valence-electron chi connectivity index (χ0n) is 11.4. The Balaban J connectivity index is 1.90. The minimum absolute atomic E-state index is 0.136. The molecule has 1 atom stereocenters. The lowest BCUT2D eigenvalue weighted by molar-refractivity contribution is 0.268.